The normalized spacial score (nSPS) is 10.3. The first-order chi connectivity index (χ1) is 12.2. The van der Waals surface area contributed by atoms with Crippen molar-refractivity contribution in [3.05, 3.63) is 70.5 Å². The van der Waals surface area contributed by atoms with Gasteiger partial charge in [-0.2, -0.15) is 0 Å². The monoisotopic (exact) mass is 352 g/mol. The lowest BCUT2D eigenvalue weighted by atomic mass is 10.1. The Morgan fingerprint density at radius 1 is 1.08 bits per heavy atom. The molecular weight excluding hydrogens is 336 g/mol. The van der Waals surface area contributed by atoms with Crippen molar-refractivity contribution in [2.75, 3.05) is 11.9 Å². The van der Waals surface area contributed by atoms with Crippen molar-refractivity contribution in [3.8, 4) is 11.3 Å². The molecule has 1 aromatic heterocycles. The van der Waals surface area contributed by atoms with Crippen LogP contribution >= 0.6 is 11.3 Å². The number of anilines is 1. The first kappa shape index (κ1) is 16.9. The van der Waals surface area contributed by atoms with Gasteiger partial charge in [-0.05, 0) is 31.2 Å². The largest absolute Gasteiger partial charge is 0.462 e. The summed E-state index contributed by atoms with van der Waals surface area (Å²) in [4.78, 5) is 29.1. The molecule has 0 unspecified atom stereocenters. The standard InChI is InChI=1S/C19H16N2O3S/c1-2-24-19(23)14-8-10-15(11-9-14)21-18(22)17-16(20-12-25-17)13-6-4-3-5-7-13/h3-12H,2H2,1H3,(H,21,22). The minimum Gasteiger partial charge on any atom is -0.462 e. The predicted octanol–water partition coefficient (Wildman–Crippen LogP) is 4.24. The third kappa shape index (κ3) is 3.92. The molecule has 25 heavy (non-hydrogen) atoms. The van der Waals surface area contributed by atoms with Crippen LogP contribution in [0.2, 0.25) is 0 Å². The third-order valence-corrected chi connectivity index (χ3v) is 4.30. The van der Waals surface area contributed by atoms with Gasteiger partial charge in [-0.1, -0.05) is 30.3 Å². The molecule has 0 aliphatic carbocycles. The Hall–Kier alpha value is -2.99. The molecule has 3 aromatic rings. The molecular formula is C19H16N2O3S. The third-order valence-electron chi connectivity index (χ3n) is 3.47. The average Bonchev–Trinajstić information content (AvgIpc) is 3.13. The summed E-state index contributed by atoms with van der Waals surface area (Å²) < 4.78 is 4.94. The highest BCUT2D eigenvalue weighted by Crippen LogP contribution is 2.26. The molecule has 5 nitrogen and oxygen atoms in total. The van der Waals surface area contributed by atoms with Crippen LogP contribution in [0.4, 0.5) is 5.69 Å². The predicted molar refractivity (Wildman–Crippen MR) is 97.9 cm³/mol. The van der Waals surface area contributed by atoms with Crippen molar-refractivity contribution in [2.45, 2.75) is 6.92 Å². The summed E-state index contributed by atoms with van der Waals surface area (Å²) in [6.45, 7) is 2.08. The smallest absolute Gasteiger partial charge is 0.338 e. The highest BCUT2D eigenvalue weighted by atomic mass is 32.1. The van der Waals surface area contributed by atoms with Gasteiger partial charge in [-0.15, -0.1) is 11.3 Å². The zero-order valence-electron chi connectivity index (χ0n) is 13.6. The zero-order valence-corrected chi connectivity index (χ0v) is 14.4. The Morgan fingerprint density at radius 3 is 2.48 bits per heavy atom. The Kier molecular flexibility index (Phi) is 5.20. The number of nitrogens with zero attached hydrogens (tertiary/aromatic N) is 1. The lowest BCUT2D eigenvalue weighted by Crippen LogP contribution is -2.12. The fourth-order valence-corrected chi connectivity index (χ4v) is 3.00. The fourth-order valence-electron chi connectivity index (χ4n) is 2.30. The Bertz CT molecular complexity index is 873. The molecule has 0 radical (unpaired) electrons. The summed E-state index contributed by atoms with van der Waals surface area (Å²) in [5.41, 5.74) is 4.26. The number of carbonyl (C=O) groups excluding carboxylic acids is 2. The molecule has 0 atom stereocenters. The maximum Gasteiger partial charge on any atom is 0.338 e. The van der Waals surface area contributed by atoms with E-state index in [1.165, 1.54) is 11.3 Å². The quantitative estimate of drug-likeness (QED) is 0.698. The summed E-state index contributed by atoms with van der Waals surface area (Å²) in [6, 6.07) is 16.2. The van der Waals surface area contributed by atoms with Gasteiger partial charge in [0.1, 0.15) is 4.88 Å². The number of hydrogen-bond acceptors (Lipinski definition) is 5. The summed E-state index contributed by atoms with van der Waals surface area (Å²) in [6.07, 6.45) is 0. The number of esters is 1. The number of aromatic nitrogens is 1. The van der Waals surface area contributed by atoms with Crippen LogP contribution < -0.4 is 5.32 Å². The Balaban J connectivity index is 1.75. The zero-order chi connectivity index (χ0) is 17.6. The maximum atomic E-state index is 12.6. The van der Waals surface area contributed by atoms with Crippen molar-refractivity contribution < 1.29 is 14.3 Å². The molecule has 3 rings (SSSR count). The van der Waals surface area contributed by atoms with E-state index in [0.717, 1.165) is 5.56 Å². The van der Waals surface area contributed by atoms with Gasteiger partial charge in [0.15, 0.2) is 0 Å². The van der Waals surface area contributed by atoms with Crippen molar-refractivity contribution in [2.24, 2.45) is 0 Å². The van der Waals surface area contributed by atoms with E-state index in [4.69, 9.17) is 4.74 Å². The summed E-state index contributed by atoms with van der Waals surface area (Å²) in [5, 5.41) is 2.83. The number of amides is 1. The number of rotatable bonds is 5. The van der Waals surface area contributed by atoms with Gasteiger partial charge in [-0.25, -0.2) is 9.78 Å². The maximum absolute atomic E-state index is 12.6. The van der Waals surface area contributed by atoms with Crippen LogP contribution in [0.15, 0.2) is 60.1 Å². The van der Waals surface area contributed by atoms with E-state index in [1.54, 1.807) is 36.7 Å². The number of ether oxygens (including phenoxy) is 1. The number of nitrogens with one attached hydrogen (secondary N) is 1. The molecule has 1 N–H and O–H groups in total. The summed E-state index contributed by atoms with van der Waals surface area (Å²) in [7, 11) is 0. The van der Waals surface area contributed by atoms with Gasteiger partial charge in [-0.3, -0.25) is 4.79 Å². The van der Waals surface area contributed by atoms with Crippen molar-refractivity contribution in [1.29, 1.82) is 0 Å². The van der Waals surface area contributed by atoms with Crippen LogP contribution in [-0.2, 0) is 4.74 Å². The molecule has 126 valence electrons. The van der Waals surface area contributed by atoms with Gasteiger partial charge in [0.05, 0.1) is 23.4 Å². The van der Waals surface area contributed by atoms with Crippen LogP contribution in [0.3, 0.4) is 0 Å². The van der Waals surface area contributed by atoms with Gasteiger partial charge in [0, 0.05) is 11.3 Å². The van der Waals surface area contributed by atoms with E-state index in [0.29, 0.717) is 28.4 Å². The highest BCUT2D eigenvalue weighted by molar-refractivity contribution is 7.12. The van der Waals surface area contributed by atoms with E-state index >= 15 is 0 Å². The molecule has 0 spiro atoms. The molecule has 0 saturated heterocycles. The lowest BCUT2D eigenvalue weighted by Gasteiger charge is -2.07. The molecule has 6 heteroatoms. The summed E-state index contributed by atoms with van der Waals surface area (Å²) >= 11 is 1.29. The minimum atomic E-state index is -0.380. The Labute approximate surface area is 149 Å². The summed E-state index contributed by atoms with van der Waals surface area (Å²) in [5.74, 6) is -0.612. The van der Waals surface area contributed by atoms with Crippen LogP contribution in [-0.4, -0.2) is 23.5 Å². The van der Waals surface area contributed by atoms with Crippen LogP contribution in [0.1, 0.15) is 27.0 Å². The Morgan fingerprint density at radius 2 is 1.80 bits per heavy atom. The van der Waals surface area contributed by atoms with E-state index < -0.39 is 0 Å². The molecule has 0 aliphatic heterocycles. The number of thiazole rings is 1. The second-order valence-electron chi connectivity index (χ2n) is 5.15. The van der Waals surface area contributed by atoms with Crippen LogP contribution in [0.5, 0.6) is 0 Å². The van der Waals surface area contributed by atoms with E-state index in [9.17, 15) is 9.59 Å². The second kappa shape index (κ2) is 7.72. The van der Waals surface area contributed by atoms with Gasteiger partial charge < -0.3 is 10.1 Å². The van der Waals surface area contributed by atoms with E-state index in [-0.39, 0.29) is 11.9 Å². The average molecular weight is 352 g/mol. The van der Waals surface area contributed by atoms with E-state index in [2.05, 4.69) is 10.3 Å². The highest BCUT2D eigenvalue weighted by Gasteiger charge is 2.16. The first-order valence-electron chi connectivity index (χ1n) is 7.76. The van der Waals surface area contributed by atoms with Crippen molar-refractivity contribution >= 4 is 28.9 Å². The van der Waals surface area contributed by atoms with Gasteiger partial charge in [0.25, 0.3) is 5.91 Å². The molecule has 1 heterocycles. The van der Waals surface area contributed by atoms with Gasteiger partial charge in [0.2, 0.25) is 0 Å². The molecule has 0 saturated carbocycles. The van der Waals surface area contributed by atoms with E-state index in [1.807, 2.05) is 30.3 Å². The molecule has 0 bridgehead atoms. The SMILES string of the molecule is CCOC(=O)c1ccc(NC(=O)c2scnc2-c2ccccc2)cc1. The number of carbonyl (C=O) groups is 2. The molecule has 0 aliphatic rings. The fraction of sp³-hybridized carbons (Fsp3) is 0.105. The number of hydrogen-bond donors (Lipinski definition) is 1. The molecule has 1 amide bonds. The van der Waals surface area contributed by atoms with Gasteiger partial charge >= 0.3 is 5.97 Å². The van der Waals surface area contributed by atoms with Crippen LogP contribution in [0, 0.1) is 0 Å². The number of benzene rings is 2. The topological polar surface area (TPSA) is 68.3 Å². The van der Waals surface area contributed by atoms with Crippen molar-refractivity contribution in [1.82, 2.24) is 4.98 Å². The van der Waals surface area contributed by atoms with Crippen LogP contribution in [0.25, 0.3) is 11.3 Å². The minimum absolute atomic E-state index is 0.231. The first-order valence-corrected chi connectivity index (χ1v) is 8.64. The second-order valence-corrected chi connectivity index (χ2v) is 6.00. The molecule has 0 fully saturated rings. The van der Waals surface area contributed by atoms with Crippen molar-refractivity contribution in [3.63, 3.8) is 0 Å². The lowest BCUT2D eigenvalue weighted by molar-refractivity contribution is 0.0526. The molecule has 2 aromatic carbocycles.